The van der Waals surface area contributed by atoms with Gasteiger partial charge in [-0.1, -0.05) is 6.92 Å². The highest BCUT2D eigenvalue weighted by Gasteiger charge is 2.31. The van der Waals surface area contributed by atoms with E-state index < -0.39 is 0 Å². The molecule has 1 unspecified atom stereocenters. The summed E-state index contributed by atoms with van der Waals surface area (Å²) in [4.78, 5) is 0. The van der Waals surface area contributed by atoms with Crippen LogP contribution in [0.15, 0.2) is 0 Å². The Balaban J connectivity index is 2.52. The van der Waals surface area contributed by atoms with Gasteiger partial charge in [0.1, 0.15) is 0 Å². The van der Waals surface area contributed by atoms with E-state index in [0.717, 1.165) is 6.42 Å². The fraction of sp³-hybridized carbons (Fsp3) is 1.00. The van der Waals surface area contributed by atoms with Gasteiger partial charge in [0.25, 0.3) is 0 Å². The second kappa shape index (κ2) is 4.83. The van der Waals surface area contributed by atoms with E-state index in [1.807, 2.05) is 14.2 Å². The molecule has 1 aliphatic rings. The lowest BCUT2D eigenvalue weighted by Crippen LogP contribution is -2.37. The van der Waals surface area contributed by atoms with Gasteiger partial charge in [-0.2, -0.15) is 0 Å². The van der Waals surface area contributed by atoms with Crippen LogP contribution in [0.3, 0.4) is 0 Å². The van der Waals surface area contributed by atoms with Gasteiger partial charge in [0.15, 0.2) is 0 Å². The highest BCUT2D eigenvalue weighted by atomic mass is 16.5. The molecule has 0 bridgehead atoms. The van der Waals surface area contributed by atoms with Crippen molar-refractivity contribution < 1.29 is 9.47 Å². The van der Waals surface area contributed by atoms with Crippen LogP contribution >= 0.6 is 0 Å². The molecule has 0 heterocycles. The van der Waals surface area contributed by atoms with Gasteiger partial charge in [-0.3, -0.25) is 0 Å². The van der Waals surface area contributed by atoms with Crippen LogP contribution in [-0.4, -0.2) is 26.4 Å². The summed E-state index contributed by atoms with van der Waals surface area (Å²) >= 11 is 0. The van der Waals surface area contributed by atoms with Gasteiger partial charge in [0, 0.05) is 20.1 Å². The average molecular weight is 172 g/mol. The molecule has 0 N–H and O–H groups in total. The number of ether oxygens (including phenoxy) is 2. The van der Waals surface area contributed by atoms with E-state index >= 15 is 0 Å². The molecule has 0 saturated heterocycles. The summed E-state index contributed by atoms with van der Waals surface area (Å²) in [7, 11) is 3.62. The lowest BCUT2D eigenvalue weighted by atomic mass is 9.82. The molecule has 72 valence electrons. The zero-order valence-corrected chi connectivity index (χ0v) is 8.38. The van der Waals surface area contributed by atoms with Crippen molar-refractivity contribution in [3.05, 3.63) is 0 Å². The van der Waals surface area contributed by atoms with E-state index in [9.17, 15) is 0 Å². The Bertz CT molecular complexity index is 113. The van der Waals surface area contributed by atoms with Crippen LogP contribution in [-0.2, 0) is 9.47 Å². The van der Waals surface area contributed by atoms with E-state index in [4.69, 9.17) is 9.47 Å². The van der Waals surface area contributed by atoms with Gasteiger partial charge in [0.2, 0.25) is 0 Å². The molecular weight excluding hydrogens is 152 g/mol. The molecule has 1 saturated carbocycles. The van der Waals surface area contributed by atoms with Crippen molar-refractivity contribution in [2.45, 2.75) is 44.8 Å². The quantitative estimate of drug-likeness (QED) is 0.650. The van der Waals surface area contributed by atoms with Crippen LogP contribution in [0, 0.1) is 5.92 Å². The minimum atomic E-state index is 0.425. The smallest absolute Gasteiger partial charge is 0.0624 e. The van der Waals surface area contributed by atoms with Crippen LogP contribution in [0.5, 0.6) is 0 Å². The molecule has 0 spiro atoms. The fourth-order valence-electron chi connectivity index (χ4n) is 2.30. The fourth-order valence-corrected chi connectivity index (χ4v) is 2.30. The third-order valence-corrected chi connectivity index (χ3v) is 3.01. The van der Waals surface area contributed by atoms with Gasteiger partial charge >= 0.3 is 0 Å². The Labute approximate surface area is 75.2 Å². The predicted molar refractivity (Wildman–Crippen MR) is 49.2 cm³/mol. The van der Waals surface area contributed by atoms with Crippen LogP contribution in [0.4, 0.5) is 0 Å². The highest BCUT2D eigenvalue weighted by molar-refractivity contribution is 4.82. The first kappa shape index (κ1) is 10.0. The van der Waals surface area contributed by atoms with Gasteiger partial charge in [-0.05, 0) is 25.7 Å². The Hall–Kier alpha value is -0.0800. The normalized spacial score (nSPS) is 36.8. The SMILES string of the molecule is CCC1[C@@H](OC)CCC[C@H]1OC. The molecule has 0 aliphatic heterocycles. The molecule has 0 amide bonds. The summed E-state index contributed by atoms with van der Waals surface area (Å²) in [5.74, 6) is 0.605. The Kier molecular flexibility index (Phi) is 4.02. The first-order valence-electron chi connectivity index (χ1n) is 4.89. The van der Waals surface area contributed by atoms with E-state index in [1.54, 1.807) is 0 Å². The zero-order valence-electron chi connectivity index (χ0n) is 8.38. The van der Waals surface area contributed by atoms with Gasteiger partial charge < -0.3 is 9.47 Å². The van der Waals surface area contributed by atoms with Crippen molar-refractivity contribution >= 4 is 0 Å². The average Bonchev–Trinajstić information content (AvgIpc) is 2.16. The Morgan fingerprint density at radius 2 is 1.58 bits per heavy atom. The topological polar surface area (TPSA) is 18.5 Å². The molecule has 3 atom stereocenters. The van der Waals surface area contributed by atoms with Gasteiger partial charge in [-0.15, -0.1) is 0 Å². The Morgan fingerprint density at radius 1 is 1.08 bits per heavy atom. The monoisotopic (exact) mass is 172 g/mol. The summed E-state index contributed by atoms with van der Waals surface area (Å²) < 4.78 is 10.9. The van der Waals surface area contributed by atoms with E-state index in [-0.39, 0.29) is 0 Å². The van der Waals surface area contributed by atoms with Crippen LogP contribution in [0.1, 0.15) is 32.6 Å². The van der Waals surface area contributed by atoms with Crippen LogP contribution in [0.25, 0.3) is 0 Å². The van der Waals surface area contributed by atoms with Crippen LogP contribution in [0.2, 0.25) is 0 Å². The minimum absolute atomic E-state index is 0.425. The standard InChI is InChI=1S/C10H20O2/c1-4-8-9(11-2)6-5-7-10(8)12-3/h8-10H,4-7H2,1-3H3/t8?,9-,10+. The lowest BCUT2D eigenvalue weighted by Gasteiger charge is -2.35. The van der Waals surface area contributed by atoms with Crippen molar-refractivity contribution in [2.24, 2.45) is 5.92 Å². The first-order valence-corrected chi connectivity index (χ1v) is 4.89. The van der Waals surface area contributed by atoms with Gasteiger partial charge in [-0.25, -0.2) is 0 Å². The molecular formula is C10H20O2. The highest BCUT2D eigenvalue weighted by Crippen LogP contribution is 2.30. The Morgan fingerprint density at radius 3 is 1.92 bits per heavy atom. The second-order valence-corrected chi connectivity index (χ2v) is 3.55. The molecule has 0 aromatic carbocycles. The van der Waals surface area contributed by atoms with Crippen molar-refractivity contribution in [3.63, 3.8) is 0 Å². The maximum absolute atomic E-state index is 5.45. The number of rotatable bonds is 3. The molecule has 1 aliphatic carbocycles. The van der Waals surface area contributed by atoms with E-state index in [0.29, 0.717) is 18.1 Å². The third kappa shape index (κ3) is 1.99. The molecule has 1 rings (SSSR count). The largest absolute Gasteiger partial charge is 0.381 e. The second-order valence-electron chi connectivity index (χ2n) is 3.55. The molecule has 2 heteroatoms. The zero-order chi connectivity index (χ0) is 8.97. The first-order chi connectivity index (χ1) is 5.83. The van der Waals surface area contributed by atoms with Crippen LogP contribution < -0.4 is 0 Å². The molecule has 2 nitrogen and oxygen atoms in total. The maximum atomic E-state index is 5.45. The minimum Gasteiger partial charge on any atom is -0.381 e. The van der Waals surface area contributed by atoms with E-state index in [1.165, 1.54) is 19.3 Å². The van der Waals surface area contributed by atoms with Gasteiger partial charge in [0.05, 0.1) is 12.2 Å². The number of hydrogen-bond acceptors (Lipinski definition) is 2. The molecule has 1 fully saturated rings. The molecule has 0 radical (unpaired) electrons. The molecule has 12 heavy (non-hydrogen) atoms. The number of methoxy groups -OCH3 is 2. The summed E-state index contributed by atoms with van der Waals surface area (Å²) in [6.07, 6.45) is 5.66. The third-order valence-electron chi connectivity index (χ3n) is 3.01. The summed E-state index contributed by atoms with van der Waals surface area (Å²) in [6, 6.07) is 0. The lowest BCUT2D eigenvalue weighted by molar-refractivity contribution is -0.0642. The number of hydrogen-bond donors (Lipinski definition) is 0. The van der Waals surface area contributed by atoms with Crippen molar-refractivity contribution in [2.75, 3.05) is 14.2 Å². The maximum Gasteiger partial charge on any atom is 0.0624 e. The van der Waals surface area contributed by atoms with Crippen molar-refractivity contribution in [1.82, 2.24) is 0 Å². The summed E-state index contributed by atoms with van der Waals surface area (Å²) in [6.45, 7) is 2.22. The van der Waals surface area contributed by atoms with E-state index in [2.05, 4.69) is 6.92 Å². The molecule has 0 aromatic rings. The molecule has 0 aromatic heterocycles. The summed E-state index contributed by atoms with van der Waals surface area (Å²) in [5.41, 5.74) is 0. The van der Waals surface area contributed by atoms with Crippen molar-refractivity contribution in [3.8, 4) is 0 Å². The van der Waals surface area contributed by atoms with Crippen molar-refractivity contribution in [1.29, 1.82) is 0 Å². The predicted octanol–water partition coefficient (Wildman–Crippen LogP) is 2.23. The summed E-state index contributed by atoms with van der Waals surface area (Å²) in [5, 5.41) is 0.